The lowest BCUT2D eigenvalue weighted by Crippen LogP contribution is -2.14. The minimum absolute atomic E-state index is 0.403. The Balaban J connectivity index is 3.63. The molecule has 0 aromatic heterocycles. The highest BCUT2D eigenvalue weighted by atomic mass is 32.8. The van der Waals surface area contributed by atoms with E-state index in [1.54, 1.807) is 0 Å². The Kier molecular flexibility index (Phi) is 4.18. The SMILES string of the molecule is O=[N+]([O-])OCCS(=O)(=S)OO. The molecule has 11 heavy (non-hydrogen) atoms. The highest BCUT2D eigenvalue weighted by Gasteiger charge is 2.06. The van der Waals surface area contributed by atoms with Crippen LogP contribution in [0.5, 0.6) is 0 Å². The third-order valence-electron chi connectivity index (χ3n) is 0.644. The van der Waals surface area contributed by atoms with Gasteiger partial charge in [0.25, 0.3) is 5.09 Å². The predicted molar refractivity (Wildman–Crippen MR) is 37.0 cm³/mol. The average molecular weight is 203 g/mol. The van der Waals surface area contributed by atoms with Crippen molar-refractivity contribution in [2.45, 2.75) is 0 Å². The van der Waals surface area contributed by atoms with Gasteiger partial charge in [0.1, 0.15) is 6.61 Å². The Morgan fingerprint density at radius 2 is 2.27 bits per heavy atom. The van der Waals surface area contributed by atoms with E-state index < -0.39 is 26.2 Å². The summed E-state index contributed by atoms with van der Waals surface area (Å²) in [5.74, 6) is -0.403. The van der Waals surface area contributed by atoms with Crippen molar-refractivity contribution < 1.29 is 23.7 Å². The number of hydrogen-bond acceptors (Lipinski definition) is 7. The van der Waals surface area contributed by atoms with Gasteiger partial charge in [0.05, 0.1) is 5.75 Å². The van der Waals surface area contributed by atoms with Gasteiger partial charge in [0.2, 0.25) is 0 Å². The fraction of sp³-hybridized carbons (Fsp3) is 1.00. The van der Waals surface area contributed by atoms with E-state index in [2.05, 4.69) is 20.4 Å². The number of nitrogens with zero attached hydrogens (tertiary/aromatic N) is 1. The molecular formula is C2H5NO6S2. The predicted octanol–water partition coefficient (Wildman–Crippen LogP) is -0.654. The van der Waals surface area contributed by atoms with Crippen LogP contribution in [0, 0.1) is 10.1 Å². The number of rotatable bonds is 5. The van der Waals surface area contributed by atoms with Crippen molar-refractivity contribution in [2.75, 3.05) is 12.4 Å². The van der Waals surface area contributed by atoms with Crippen molar-refractivity contribution in [1.29, 1.82) is 0 Å². The molecular weight excluding hydrogens is 198 g/mol. The maximum atomic E-state index is 10.6. The first-order valence-electron chi connectivity index (χ1n) is 2.31. The molecule has 0 rings (SSSR count). The first kappa shape index (κ1) is 10.5. The van der Waals surface area contributed by atoms with Crippen LogP contribution in [0.25, 0.3) is 0 Å². The minimum atomic E-state index is -3.26. The van der Waals surface area contributed by atoms with Gasteiger partial charge in [-0.05, 0) is 0 Å². The summed E-state index contributed by atoms with van der Waals surface area (Å²) in [6.07, 6.45) is 0. The molecule has 0 bridgehead atoms. The fourth-order valence-electron chi connectivity index (χ4n) is 0.251. The largest absolute Gasteiger partial charge is 0.313 e. The van der Waals surface area contributed by atoms with Gasteiger partial charge in [0, 0.05) is 11.2 Å². The fourth-order valence-corrected chi connectivity index (χ4v) is 0.808. The topological polar surface area (TPSA) is 98.9 Å². The molecule has 1 N–H and O–H groups in total. The van der Waals surface area contributed by atoms with Gasteiger partial charge in [-0.25, -0.2) is 9.47 Å². The Hall–Kier alpha value is -0.510. The molecule has 7 nitrogen and oxygen atoms in total. The zero-order valence-electron chi connectivity index (χ0n) is 5.17. The molecule has 0 aliphatic rings. The van der Waals surface area contributed by atoms with Crippen LogP contribution in [0.15, 0.2) is 0 Å². The van der Waals surface area contributed by atoms with Crippen LogP contribution in [0.1, 0.15) is 0 Å². The summed E-state index contributed by atoms with van der Waals surface area (Å²) in [6, 6.07) is 0. The molecule has 0 saturated heterocycles. The zero-order chi connectivity index (χ0) is 8.91. The second kappa shape index (κ2) is 4.38. The van der Waals surface area contributed by atoms with Gasteiger partial charge in [-0.15, -0.1) is 14.4 Å². The Bertz CT molecular complexity index is 221. The van der Waals surface area contributed by atoms with Crippen LogP contribution in [-0.2, 0) is 29.1 Å². The summed E-state index contributed by atoms with van der Waals surface area (Å²) in [4.78, 5) is 13.3. The van der Waals surface area contributed by atoms with Crippen LogP contribution in [0.4, 0.5) is 0 Å². The van der Waals surface area contributed by atoms with Crippen LogP contribution < -0.4 is 0 Å². The van der Waals surface area contributed by atoms with Gasteiger partial charge >= 0.3 is 0 Å². The normalized spacial score (nSPS) is 15.4. The molecule has 0 amide bonds. The van der Waals surface area contributed by atoms with Crippen molar-refractivity contribution in [1.82, 2.24) is 0 Å². The Morgan fingerprint density at radius 3 is 2.64 bits per heavy atom. The molecule has 1 unspecified atom stereocenters. The van der Waals surface area contributed by atoms with Crippen molar-refractivity contribution in [2.24, 2.45) is 0 Å². The highest BCUT2D eigenvalue weighted by Crippen LogP contribution is 1.90. The van der Waals surface area contributed by atoms with E-state index in [-0.39, 0.29) is 0 Å². The second-order valence-corrected chi connectivity index (χ2v) is 4.59. The lowest BCUT2D eigenvalue weighted by atomic mass is 10.9. The van der Waals surface area contributed by atoms with Gasteiger partial charge in [-0.3, -0.25) is 0 Å². The molecule has 0 aromatic rings. The van der Waals surface area contributed by atoms with E-state index in [4.69, 9.17) is 5.26 Å². The summed E-state index contributed by atoms with van der Waals surface area (Å²) in [6.45, 7) is -0.462. The summed E-state index contributed by atoms with van der Waals surface area (Å²) < 4.78 is 13.9. The molecule has 0 radical (unpaired) electrons. The van der Waals surface area contributed by atoms with E-state index in [0.29, 0.717) is 0 Å². The zero-order valence-corrected chi connectivity index (χ0v) is 6.80. The molecule has 66 valence electrons. The van der Waals surface area contributed by atoms with Crippen molar-refractivity contribution in [3.05, 3.63) is 10.1 Å². The third-order valence-corrected chi connectivity index (χ3v) is 2.22. The van der Waals surface area contributed by atoms with E-state index in [9.17, 15) is 14.3 Å². The minimum Gasteiger partial charge on any atom is -0.313 e. The van der Waals surface area contributed by atoms with Gasteiger partial charge in [-0.1, -0.05) is 0 Å². The quantitative estimate of drug-likeness (QED) is 0.360. The molecule has 1 atom stereocenters. The third kappa shape index (κ3) is 5.91. The molecule has 9 heteroatoms. The molecule has 0 saturated carbocycles. The van der Waals surface area contributed by atoms with Crippen molar-refractivity contribution in [3.8, 4) is 0 Å². The highest BCUT2D eigenvalue weighted by molar-refractivity contribution is 8.30. The van der Waals surface area contributed by atoms with Crippen LogP contribution in [-0.4, -0.2) is 26.9 Å². The van der Waals surface area contributed by atoms with Crippen molar-refractivity contribution in [3.63, 3.8) is 0 Å². The van der Waals surface area contributed by atoms with E-state index >= 15 is 0 Å². The molecule has 0 spiro atoms. The lowest BCUT2D eigenvalue weighted by molar-refractivity contribution is -0.756. The van der Waals surface area contributed by atoms with Crippen LogP contribution >= 0.6 is 0 Å². The smallest absolute Gasteiger partial charge is 0.294 e. The van der Waals surface area contributed by atoms with Gasteiger partial charge in [0.15, 0.2) is 8.77 Å². The van der Waals surface area contributed by atoms with Crippen LogP contribution in [0.2, 0.25) is 0 Å². The molecule has 0 aliphatic heterocycles. The Morgan fingerprint density at radius 1 is 1.73 bits per heavy atom. The van der Waals surface area contributed by atoms with Crippen molar-refractivity contribution >= 4 is 20.0 Å². The lowest BCUT2D eigenvalue weighted by Gasteiger charge is -1.99. The van der Waals surface area contributed by atoms with E-state index in [1.807, 2.05) is 0 Å². The van der Waals surface area contributed by atoms with E-state index in [0.717, 1.165) is 0 Å². The average Bonchev–Trinajstić information content (AvgIpc) is 1.87. The maximum absolute atomic E-state index is 10.6. The monoisotopic (exact) mass is 203 g/mol. The summed E-state index contributed by atoms with van der Waals surface area (Å²) in [5, 5.41) is 16.3. The van der Waals surface area contributed by atoms with Gasteiger partial charge < -0.3 is 4.84 Å². The first-order chi connectivity index (χ1) is 4.98. The summed E-state index contributed by atoms with van der Waals surface area (Å²) >= 11 is 4.15. The molecule has 0 heterocycles. The van der Waals surface area contributed by atoms with E-state index in [1.165, 1.54) is 0 Å². The summed E-state index contributed by atoms with van der Waals surface area (Å²) in [5.41, 5.74) is 0. The maximum Gasteiger partial charge on any atom is 0.294 e. The Labute approximate surface area is 66.8 Å². The second-order valence-electron chi connectivity index (χ2n) is 1.39. The standard InChI is InChI=1S/C2H5NO6S2/c4-3(5)8-1-2-11(7,10)9-6/h6H,1-2H2. The summed E-state index contributed by atoms with van der Waals surface area (Å²) in [7, 11) is -3.26. The molecule has 0 aromatic carbocycles. The first-order valence-corrected chi connectivity index (χ1v) is 4.88. The molecule has 0 aliphatic carbocycles. The molecule has 0 fully saturated rings. The number of hydrogen-bond donors (Lipinski definition) is 1. The van der Waals surface area contributed by atoms with Gasteiger partial charge in [-0.2, -0.15) is 0 Å². The van der Waals surface area contributed by atoms with Crippen LogP contribution in [0.3, 0.4) is 0 Å².